The van der Waals surface area contributed by atoms with Gasteiger partial charge in [-0.15, -0.1) is 0 Å². The van der Waals surface area contributed by atoms with Crippen LogP contribution in [0.3, 0.4) is 0 Å². The zero-order chi connectivity index (χ0) is 30.6. The number of fused-ring (bicyclic) bond motifs is 3. The number of aliphatic hydroxyl groups excluding tert-OH is 3. The second kappa shape index (κ2) is 11.7. The van der Waals surface area contributed by atoms with Gasteiger partial charge in [-0.1, -0.05) is 12.1 Å². The van der Waals surface area contributed by atoms with Crippen LogP contribution in [0.1, 0.15) is 63.2 Å². The summed E-state index contributed by atoms with van der Waals surface area (Å²) in [6.45, 7) is 2.30. The fraction of sp³-hybridized carbons (Fsp3) is 0.448. The van der Waals surface area contributed by atoms with Gasteiger partial charge in [0.05, 0.1) is 40.0 Å². The number of aromatic hydroxyl groups is 2. The van der Waals surface area contributed by atoms with Crippen LogP contribution < -0.4 is 4.74 Å². The maximum atomic E-state index is 14.9. The zero-order valence-corrected chi connectivity index (χ0v) is 25.0. The number of carbonyl (C=O) groups excluding carboxylic acids is 3. The molecule has 2 aromatic rings. The number of Topliss-reactive ketones (excluding diaryl/α,β-unsaturated/α-hetero) is 1. The second-order valence-electron chi connectivity index (χ2n) is 10.7. The number of ketones is 3. The van der Waals surface area contributed by atoms with Crippen LogP contribution in [0.2, 0.25) is 0 Å². The third-order valence-electron chi connectivity index (χ3n) is 8.22. The average molecular weight is 701 g/mol. The van der Waals surface area contributed by atoms with Crippen LogP contribution in [0.4, 0.5) is 4.39 Å². The first-order valence-corrected chi connectivity index (χ1v) is 15.3. The van der Waals surface area contributed by atoms with Gasteiger partial charge in [0.2, 0.25) is 12.0 Å². The maximum Gasteiger partial charge on any atom is 0.306 e. The number of phenolic OH excluding ortho intramolecular Hbond substituents is 2. The minimum Gasteiger partial charge on any atom is -0.507 e. The molecule has 1 heterocycles. The molecule has 6 unspecified atom stereocenters. The molecule has 5 rings (SSSR count). The molecule has 0 spiro atoms. The number of hydrogen-bond acceptors (Lipinski definition) is 10. The third-order valence-corrected chi connectivity index (χ3v) is 10.6. The van der Waals surface area contributed by atoms with E-state index in [0.29, 0.717) is 3.51 Å². The minimum absolute atomic E-state index is 0.0000970. The molecule has 0 saturated carbocycles. The number of halogens is 2. The molecule has 42 heavy (non-hydrogen) atoms. The fourth-order valence-corrected chi connectivity index (χ4v) is 8.56. The lowest BCUT2D eigenvalue weighted by atomic mass is 9.72. The molecule has 3 aliphatic rings. The number of phenols is 2. The van der Waals surface area contributed by atoms with E-state index in [9.17, 15) is 44.3 Å². The number of alkyl halides is 1. The van der Waals surface area contributed by atoms with Crippen molar-refractivity contribution in [2.45, 2.75) is 57.5 Å². The Morgan fingerprint density at radius 3 is 2.43 bits per heavy atom. The molecule has 0 aromatic heterocycles. The smallest absolute Gasteiger partial charge is 0.306 e. The van der Waals surface area contributed by atoms with Gasteiger partial charge in [-0.2, -0.15) is 0 Å². The van der Waals surface area contributed by atoms with E-state index in [1.165, 1.54) is 39.2 Å². The van der Waals surface area contributed by atoms with E-state index in [0.717, 1.165) is 0 Å². The van der Waals surface area contributed by atoms with E-state index < -0.39 is 99.0 Å². The van der Waals surface area contributed by atoms with Gasteiger partial charge in [-0.3, -0.25) is 14.4 Å². The van der Waals surface area contributed by atoms with Crippen LogP contribution in [0.15, 0.2) is 18.2 Å². The summed E-state index contributed by atoms with van der Waals surface area (Å²) >= 11 is -1.60. The van der Waals surface area contributed by atoms with Gasteiger partial charge >= 0.3 is 6.29 Å². The van der Waals surface area contributed by atoms with E-state index in [4.69, 9.17) is 9.47 Å². The molecule has 1 aliphatic heterocycles. The number of benzene rings is 2. The molecule has 6 N–H and O–H groups in total. The Bertz CT molecular complexity index is 1510. The van der Waals surface area contributed by atoms with Crippen LogP contribution in [-0.2, 0) is 16.0 Å². The Morgan fingerprint density at radius 1 is 1.10 bits per heavy atom. The van der Waals surface area contributed by atoms with Crippen molar-refractivity contribution in [2.75, 3.05) is 13.7 Å². The number of hydrogen-bond donors (Lipinski definition) is 5. The quantitative estimate of drug-likeness (QED) is 0.143. The molecule has 1 saturated heterocycles. The van der Waals surface area contributed by atoms with Gasteiger partial charge in [0, 0.05) is 22.6 Å². The van der Waals surface area contributed by atoms with E-state index in [-0.39, 0.29) is 52.2 Å². The van der Waals surface area contributed by atoms with E-state index in [1.54, 1.807) is 0 Å². The number of methoxy groups -OCH3 is 1. The predicted octanol–water partition coefficient (Wildman–Crippen LogP) is 1.38. The summed E-state index contributed by atoms with van der Waals surface area (Å²) in [6, 6.07) is 4.44. The average Bonchev–Trinajstić information content (AvgIpc) is 2.97. The van der Waals surface area contributed by atoms with Crippen molar-refractivity contribution < 1.29 is 56.8 Å². The highest BCUT2D eigenvalue weighted by Gasteiger charge is 2.48. The van der Waals surface area contributed by atoms with Gasteiger partial charge in [0.15, 0.2) is 5.78 Å². The number of carbonyl (C=O) groups is 3. The van der Waals surface area contributed by atoms with Crippen molar-refractivity contribution in [1.29, 1.82) is 0 Å². The fourth-order valence-electron chi connectivity index (χ4n) is 5.92. The Kier molecular flexibility index (Phi) is 8.53. The molecule has 0 bridgehead atoms. The van der Waals surface area contributed by atoms with Gasteiger partial charge in [0.25, 0.3) is 21.1 Å². The summed E-state index contributed by atoms with van der Waals surface area (Å²) in [7, 11) is 1.33. The molecule has 2 aromatic carbocycles. The normalized spacial score (nSPS) is 28.8. The highest BCUT2D eigenvalue weighted by molar-refractivity contribution is 14.2. The van der Waals surface area contributed by atoms with Crippen molar-refractivity contribution in [3.63, 3.8) is 0 Å². The molecule has 0 amide bonds. The SMILES string of the molecule is COc1cccc2c1C(=O)c1c(O)c3c(c(O)c1C2=O)C[C@@H](C(CO)C(C)=O)CC3=I[OH+]C1OC(C)C(O)C(O)C1F. The second-order valence-corrected chi connectivity index (χ2v) is 13.0. The Morgan fingerprint density at radius 2 is 1.79 bits per heavy atom. The predicted molar refractivity (Wildman–Crippen MR) is 154 cm³/mol. The first-order chi connectivity index (χ1) is 19.9. The maximum absolute atomic E-state index is 14.9. The monoisotopic (exact) mass is 701 g/mol. The van der Waals surface area contributed by atoms with Crippen molar-refractivity contribution in [3.8, 4) is 17.2 Å². The first-order valence-electron chi connectivity index (χ1n) is 13.3. The van der Waals surface area contributed by atoms with Gasteiger partial charge in [-0.05, 0) is 38.7 Å². The number of aliphatic hydroxyl groups is 4. The summed E-state index contributed by atoms with van der Waals surface area (Å²) in [5.74, 6) is -4.09. The summed E-state index contributed by atoms with van der Waals surface area (Å²) in [4.78, 5) is 39.7. The van der Waals surface area contributed by atoms with Crippen molar-refractivity contribution >= 4 is 42.0 Å². The Hall–Kier alpha value is -2.82. The molecular weight excluding hydrogens is 670 g/mol. The lowest BCUT2D eigenvalue weighted by Gasteiger charge is -2.35. The minimum atomic E-state index is -2.04. The zero-order valence-electron chi connectivity index (χ0n) is 22.9. The first kappa shape index (κ1) is 30.6. The molecule has 1 fully saturated rings. The topological polar surface area (TPSA) is 184 Å². The van der Waals surface area contributed by atoms with Crippen LogP contribution in [0.5, 0.6) is 17.2 Å². The summed E-state index contributed by atoms with van der Waals surface area (Å²) in [5.41, 5.74) is -0.640. The molecule has 7 atom stereocenters. The Balaban J connectivity index is 1.67. The van der Waals surface area contributed by atoms with Crippen LogP contribution in [0.25, 0.3) is 0 Å². The van der Waals surface area contributed by atoms with Crippen molar-refractivity contribution in [1.82, 2.24) is 0 Å². The lowest BCUT2D eigenvalue weighted by Crippen LogP contribution is -2.55. The molecule has 13 heteroatoms. The van der Waals surface area contributed by atoms with Crippen LogP contribution in [-0.4, -0.2) is 93.9 Å². The van der Waals surface area contributed by atoms with E-state index in [1.807, 2.05) is 0 Å². The highest BCUT2D eigenvalue weighted by atomic mass is 127. The summed E-state index contributed by atoms with van der Waals surface area (Å²) < 4.78 is 30.4. The van der Waals surface area contributed by atoms with E-state index >= 15 is 0 Å². The molecule has 0 radical (unpaired) electrons. The van der Waals surface area contributed by atoms with Gasteiger partial charge in [-0.25, -0.2) is 4.39 Å². The van der Waals surface area contributed by atoms with Crippen molar-refractivity contribution in [3.05, 3.63) is 51.6 Å². The van der Waals surface area contributed by atoms with Crippen LogP contribution >= 0.6 is 21.1 Å². The molecule has 2 aliphatic carbocycles. The third kappa shape index (κ3) is 4.85. The number of rotatable bonds is 6. The highest BCUT2D eigenvalue weighted by Crippen LogP contribution is 2.49. The molecular formula is C29H31FIO11+. The standard InChI is InChI=1S/C29H30FIO11/c1-10(33)15(9-32)12-7-14-18(16(8-12)31-42-29-22(30)28(39)23(34)11(2)41-29)26(37)21-20(25(14)36)24(35)13-5-4-6-17(40-3)19(13)27(21)38/h4-6,11-12,15,22-23,28-29,32,34,36-37,39H,7-9H2,1-3H3/p+1/t11?,12-,15?,22?,23?,28?,29?/m1/s1. The number of ether oxygens (including phenoxy) is 2. The van der Waals surface area contributed by atoms with E-state index in [2.05, 4.69) is 3.07 Å². The molecule has 226 valence electrons. The summed E-state index contributed by atoms with van der Waals surface area (Å²) in [6.07, 6.45) is -7.45. The largest absolute Gasteiger partial charge is 0.507 e. The van der Waals surface area contributed by atoms with Crippen LogP contribution in [0, 0.1) is 11.8 Å². The molecule has 11 nitrogen and oxygen atoms in total. The van der Waals surface area contributed by atoms with Crippen molar-refractivity contribution in [2.24, 2.45) is 11.8 Å². The Labute approximate surface area is 250 Å². The summed E-state index contributed by atoms with van der Waals surface area (Å²) in [5, 5.41) is 53.1. The van der Waals surface area contributed by atoms with Gasteiger partial charge < -0.3 is 38.1 Å². The lowest BCUT2D eigenvalue weighted by molar-refractivity contribution is -0.270. The van der Waals surface area contributed by atoms with Gasteiger partial charge in [0.1, 0.15) is 35.2 Å².